The van der Waals surface area contributed by atoms with Gasteiger partial charge in [-0.3, -0.25) is 24.5 Å². The number of nitrogens with one attached hydrogen (secondary N) is 2. The third-order valence-corrected chi connectivity index (χ3v) is 14.0. The Balaban J connectivity index is 0.959. The van der Waals surface area contributed by atoms with E-state index in [1.54, 1.807) is 24.4 Å². The maximum atomic E-state index is 14.0. The van der Waals surface area contributed by atoms with Gasteiger partial charge in [0.2, 0.25) is 0 Å². The van der Waals surface area contributed by atoms with Crippen molar-refractivity contribution in [1.82, 2.24) is 29.4 Å². The van der Waals surface area contributed by atoms with Gasteiger partial charge in [0.15, 0.2) is 0 Å². The second-order valence-electron chi connectivity index (χ2n) is 16.2. The minimum atomic E-state index is -4.63. The van der Waals surface area contributed by atoms with E-state index in [0.29, 0.717) is 30.0 Å². The number of benzene rings is 3. The van der Waals surface area contributed by atoms with Gasteiger partial charge in [0, 0.05) is 80.5 Å². The Kier molecular flexibility index (Phi) is 11.0. The van der Waals surface area contributed by atoms with Crippen molar-refractivity contribution < 1.29 is 27.6 Å². The third-order valence-electron chi connectivity index (χ3n) is 12.4. The summed E-state index contributed by atoms with van der Waals surface area (Å²) in [5.74, 6) is -0.513. The number of methoxy groups -OCH3 is 1. The number of carbonyl (C=O) groups excluding carboxylic acids is 1. The lowest BCUT2D eigenvalue weighted by Crippen LogP contribution is -2.47. The SMILES string of the molecule is COCCn1cc2c([N+](=O)[O-])cc(S(=O)(=O)NC(=O)c3ccc(N4CCN(CC5=C(c6ccc(Cl)cc6)CC6(CCC6)CC5)CC4)cc3Oc3cnc4[nH]ccc4c3)cc2n1. The third kappa shape index (κ3) is 8.45. The van der Waals surface area contributed by atoms with Gasteiger partial charge in [-0.15, -0.1) is 0 Å². The minimum absolute atomic E-state index is 0.0530. The van der Waals surface area contributed by atoms with Gasteiger partial charge in [0.05, 0.1) is 40.1 Å². The van der Waals surface area contributed by atoms with Crippen LogP contribution in [0.4, 0.5) is 11.4 Å². The van der Waals surface area contributed by atoms with E-state index < -0.39 is 31.4 Å². The molecule has 1 aliphatic heterocycles. The molecule has 2 N–H and O–H groups in total. The van der Waals surface area contributed by atoms with Crippen molar-refractivity contribution >= 4 is 66.4 Å². The number of nitro benzene ring substituents is 1. The number of ether oxygens (including phenoxy) is 2. The van der Waals surface area contributed by atoms with Crippen LogP contribution < -0.4 is 14.4 Å². The largest absolute Gasteiger partial charge is 0.455 e. The minimum Gasteiger partial charge on any atom is -0.455 e. The zero-order chi connectivity index (χ0) is 42.3. The molecule has 1 saturated heterocycles. The highest BCUT2D eigenvalue weighted by atomic mass is 35.5. The van der Waals surface area contributed by atoms with Crippen molar-refractivity contribution in [2.45, 2.75) is 50.0 Å². The number of anilines is 1. The standard InChI is InChI=1S/C44H45ClN8O7S/c1-59-20-19-52-28-38-39(48-52)23-35(24-40(38)53(55)56)61(57,58)49-43(54)36-8-7-33(22-41(36)60-34-21-30-10-14-46-42(30)47-26-34)51-17-15-50(16-18-51)27-31-9-13-44(11-2-12-44)25-37(31)29-3-5-32(45)6-4-29/h3-8,10,14,21-24,26,28H,2,9,11-13,15-20,25,27H2,1H3,(H,46,47)(H,49,54). The number of carbonyl (C=O) groups is 1. The van der Waals surface area contributed by atoms with E-state index in [9.17, 15) is 23.3 Å². The lowest BCUT2D eigenvalue weighted by molar-refractivity contribution is -0.383. The summed E-state index contributed by atoms with van der Waals surface area (Å²) in [5.41, 5.74) is 5.72. The number of non-ortho nitro benzene ring substituents is 1. The van der Waals surface area contributed by atoms with Gasteiger partial charge in [-0.2, -0.15) is 5.10 Å². The number of piperazine rings is 1. The van der Waals surface area contributed by atoms with E-state index in [1.807, 2.05) is 18.2 Å². The predicted molar refractivity (Wildman–Crippen MR) is 233 cm³/mol. The van der Waals surface area contributed by atoms with Crippen LogP contribution in [0.15, 0.2) is 95.8 Å². The average molecular weight is 865 g/mol. The number of amides is 1. The normalized spacial score (nSPS) is 16.9. The molecule has 1 spiro atoms. The fourth-order valence-corrected chi connectivity index (χ4v) is 10.0. The van der Waals surface area contributed by atoms with Crippen molar-refractivity contribution in [1.29, 1.82) is 0 Å². The number of hydrogen-bond acceptors (Lipinski definition) is 11. The van der Waals surface area contributed by atoms with Crippen molar-refractivity contribution in [2.24, 2.45) is 5.41 Å². The number of nitro groups is 1. The highest BCUT2D eigenvalue weighted by Crippen LogP contribution is 2.55. The molecule has 3 aromatic heterocycles. The Hall–Kier alpha value is -5.81. The van der Waals surface area contributed by atoms with Crippen LogP contribution in [-0.4, -0.2) is 90.3 Å². The molecule has 0 atom stereocenters. The molecule has 6 aromatic rings. The summed E-state index contributed by atoms with van der Waals surface area (Å²) in [6.45, 7) is 4.61. The van der Waals surface area contributed by atoms with E-state index in [1.165, 1.54) is 78.7 Å². The van der Waals surface area contributed by atoms with Gasteiger partial charge in [-0.05, 0) is 91.1 Å². The zero-order valence-corrected chi connectivity index (χ0v) is 35.2. The molecule has 17 heteroatoms. The number of aromatic nitrogens is 4. The molecule has 4 heterocycles. The van der Waals surface area contributed by atoms with Gasteiger partial charge < -0.3 is 19.4 Å². The van der Waals surface area contributed by atoms with E-state index in [0.717, 1.165) is 67.7 Å². The number of sulfonamides is 1. The summed E-state index contributed by atoms with van der Waals surface area (Å²) >= 11 is 6.27. The maximum Gasteiger partial charge on any atom is 0.281 e. The van der Waals surface area contributed by atoms with Gasteiger partial charge in [-0.25, -0.2) is 18.1 Å². The molecule has 0 radical (unpaired) electrons. The van der Waals surface area contributed by atoms with Crippen LogP contribution in [0.2, 0.25) is 5.02 Å². The molecule has 9 rings (SSSR count). The summed E-state index contributed by atoms with van der Waals surface area (Å²) in [6, 6.07) is 19.1. The Labute approximate surface area is 357 Å². The molecule has 0 bridgehead atoms. The first-order chi connectivity index (χ1) is 29.5. The van der Waals surface area contributed by atoms with Crippen LogP contribution in [0, 0.1) is 15.5 Å². The molecule has 15 nitrogen and oxygen atoms in total. The Morgan fingerprint density at radius 2 is 1.84 bits per heavy atom. The monoisotopic (exact) mass is 864 g/mol. The lowest BCUT2D eigenvalue weighted by Gasteiger charge is -2.47. The Bertz CT molecular complexity index is 2790. The van der Waals surface area contributed by atoms with Crippen LogP contribution in [-0.2, 0) is 21.3 Å². The van der Waals surface area contributed by atoms with Gasteiger partial charge in [0.1, 0.15) is 22.7 Å². The van der Waals surface area contributed by atoms with Gasteiger partial charge in [-0.1, -0.05) is 35.7 Å². The number of nitrogens with zero attached hydrogens (tertiary/aromatic N) is 6. The number of hydrogen-bond donors (Lipinski definition) is 2. The predicted octanol–water partition coefficient (Wildman–Crippen LogP) is 7.96. The summed E-state index contributed by atoms with van der Waals surface area (Å²) in [5, 5.41) is 18.0. The van der Waals surface area contributed by atoms with Crippen molar-refractivity contribution in [3.05, 3.63) is 117 Å². The van der Waals surface area contributed by atoms with E-state index in [4.69, 9.17) is 21.1 Å². The second-order valence-corrected chi connectivity index (χ2v) is 18.3. The molecule has 61 heavy (non-hydrogen) atoms. The van der Waals surface area contributed by atoms with Crippen LogP contribution in [0.25, 0.3) is 27.5 Å². The fraction of sp³-hybridized carbons (Fsp3) is 0.341. The molecule has 2 fully saturated rings. The highest BCUT2D eigenvalue weighted by molar-refractivity contribution is 7.90. The second kappa shape index (κ2) is 16.6. The smallest absolute Gasteiger partial charge is 0.281 e. The lowest BCUT2D eigenvalue weighted by atomic mass is 9.59. The van der Waals surface area contributed by atoms with Crippen molar-refractivity contribution in [3.8, 4) is 11.5 Å². The molecule has 3 aliphatic rings. The van der Waals surface area contributed by atoms with Crippen LogP contribution in [0.5, 0.6) is 11.5 Å². The summed E-state index contributed by atoms with van der Waals surface area (Å²) in [7, 11) is -3.11. The number of rotatable bonds is 13. The van der Waals surface area contributed by atoms with E-state index in [2.05, 4.69) is 41.7 Å². The van der Waals surface area contributed by atoms with Crippen LogP contribution in [0.1, 0.15) is 54.4 Å². The molecule has 1 amide bonds. The zero-order valence-electron chi connectivity index (χ0n) is 33.6. The molecule has 2 aliphatic carbocycles. The van der Waals surface area contributed by atoms with Crippen molar-refractivity contribution in [2.75, 3.05) is 51.3 Å². The highest BCUT2D eigenvalue weighted by Gasteiger charge is 2.41. The Morgan fingerprint density at radius 1 is 1.03 bits per heavy atom. The number of aromatic amines is 1. The number of allylic oxidation sites excluding steroid dienone is 1. The summed E-state index contributed by atoms with van der Waals surface area (Å²) < 4.78 is 42.5. The number of H-pyrrole nitrogens is 1. The molecule has 316 valence electrons. The first kappa shape index (κ1) is 40.6. The topological polar surface area (TPSA) is 178 Å². The average Bonchev–Trinajstić information content (AvgIpc) is 3.89. The summed E-state index contributed by atoms with van der Waals surface area (Å²) in [6.07, 6.45) is 12.1. The number of fused-ring (bicyclic) bond motifs is 2. The van der Waals surface area contributed by atoms with Gasteiger partial charge in [0.25, 0.3) is 21.6 Å². The van der Waals surface area contributed by atoms with E-state index >= 15 is 0 Å². The quantitative estimate of drug-likeness (QED) is 0.0850. The number of halogens is 1. The summed E-state index contributed by atoms with van der Waals surface area (Å²) in [4.78, 5) is 37.0. The number of pyridine rings is 1. The fourth-order valence-electron chi connectivity index (χ4n) is 8.88. The van der Waals surface area contributed by atoms with E-state index in [-0.39, 0.29) is 22.2 Å². The Morgan fingerprint density at radius 3 is 2.57 bits per heavy atom. The molecule has 1 saturated carbocycles. The molecule has 3 aromatic carbocycles. The molecule has 0 unspecified atom stereocenters. The first-order valence-corrected chi connectivity index (χ1v) is 22.2. The van der Waals surface area contributed by atoms with Gasteiger partial charge >= 0.3 is 0 Å². The molecular weight excluding hydrogens is 820 g/mol. The molecular formula is C44H45ClN8O7S. The van der Waals surface area contributed by atoms with Crippen molar-refractivity contribution in [3.63, 3.8) is 0 Å². The first-order valence-electron chi connectivity index (χ1n) is 20.4. The van der Waals surface area contributed by atoms with Crippen LogP contribution in [0.3, 0.4) is 0 Å². The van der Waals surface area contributed by atoms with Crippen LogP contribution >= 0.6 is 11.6 Å². The maximum absolute atomic E-state index is 14.0.